The second-order valence-corrected chi connectivity index (χ2v) is 6.72. The molecule has 4 heteroatoms. The molecule has 0 heterocycles. The third-order valence-corrected chi connectivity index (χ3v) is 4.65. The van der Waals surface area contributed by atoms with E-state index in [9.17, 15) is 10.3 Å². The third-order valence-electron chi connectivity index (χ3n) is 4.65. The number of unbranched alkanes of at least 4 members (excludes halogenated alkanes) is 10. The summed E-state index contributed by atoms with van der Waals surface area (Å²) in [5.74, 6) is 0.684. The van der Waals surface area contributed by atoms with Crippen molar-refractivity contribution in [3.8, 4) is 11.5 Å². The maximum Gasteiger partial charge on any atom is 0.128 e. The van der Waals surface area contributed by atoms with Gasteiger partial charge in [-0.3, -0.25) is 0 Å². The van der Waals surface area contributed by atoms with Crippen LogP contribution >= 0.6 is 0 Å². The Hall–Kier alpha value is -1.71. The van der Waals surface area contributed by atoms with Gasteiger partial charge in [0.1, 0.15) is 11.5 Å². The molecule has 1 aromatic rings. The highest BCUT2D eigenvalue weighted by atomic mass is 16.5. The first-order valence-corrected chi connectivity index (χ1v) is 9.81. The van der Waals surface area contributed by atoms with Crippen molar-refractivity contribution in [1.29, 1.82) is 0 Å². The Kier molecular flexibility index (Phi) is 11.6. The summed E-state index contributed by atoms with van der Waals surface area (Å²) < 4.78 is 5.07. The molecule has 0 radical (unpaired) electrons. The van der Waals surface area contributed by atoms with Crippen LogP contribution in [0.25, 0.3) is 0 Å². The molecule has 0 fully saturated rings. The first kappa shape index (κ1) is 21.3. The molecule has 0 bridgehead atoms. The number of phenols is 1. The zero-order valence-electron chi connectivity index (χ0n) is 16.0. The van der Waals surface area contributed by atoms with E-state index in [0.717, 1.165) is 12.8 Å². The van der Waals surface area contributed by atoms with E-state index in [1.807, 2.05) is 0 Å². The Morgan fingerprint density at radius 1 is 0.920 bits per heavy atom. The number of methoxy groups -OCH3 is 1. The van der Waals surface area contributed by atoms with Crippen LogP contribution in [0.3, 0.4) is 0 Å². The molecule has 0 unspecified atom stereocenters. The van der Waals surface area contributed by atoms with Gasteiger partial charge in [-0.1, -0.05) is 76.3 Å². The van der Waals surface area contributed by atoms with Crippen LogP contribution in [-0.2, 0) is 0 Å². The summed E-state index contributed by atoms with van der Waals surface area (Å²) in [6, 6.07) is 5.05. The standard InChI is InChI=1S/C21H35NO3/c1-3-4-5-6-7-8-9-10-11-12-13-14-20(22-24)19-16-15-18(25-2)17-21(19)23/h15-17,23-24H,3-14H2,1-2H3/b22-20-. The van der Waals surface area contributed by atoms with Crippen LogP contribution in [0.4, 0.5) is 0 Å². The zero-order chi connectivity index (χ0) is 18.3. The molecule has 2 N–H and O–H groups in total. The molecule has 0 aliphatic carbocycles. The number of oxime groups is 1. The molecule has 0 atom stereocenters. The predicted molar refractivity (Wildman–Crippen MR) is 104 cm³/mol. The number of ether oxygens (including phenoxy) is 1. The first-order valence-electron chi connectivity index (χ1n) is 9.81. The van der Waals surface area contributed by atoms with Gasteiger partial charge in [-0.05, 0) is 25.0 Å². The Labute approximate surface area is 152 Å². The zero-order valence-corrected chi connectivity index (χ0v) is 16.0. The number of hydrogen-bond acceptors (Lipinski definition) is 4. The summed E-state index contributed by atoms with van der Waals surface area (Å²) in [5, 5.41) is 22.6. The number of phenolic OH excluding ortho intramolecular Hbond substituents is 1. The van der Waals surface area contributed by atoms with Crippen LogP contribution in [0.2, 0.25) is 0 Å². The number of nitrogens with zero attached hydrogens (tertiary/aromatic N) is 1. The number of benzene rings is 1. The fraction of sp³-hybridized carbons (Fsp3) is 0.667. The molecule has 142 valence electrons. The molecular formula is C21H35NO3. The quantitative estimate of drug-likeness (QED) is 0.180. The molecule has 0 aliphatic heterocycles. The number of aromatic hydroxyl groups is 1. The maximum atomic E-state index is 10.0. The maximum absolute atomic E-state index is 10.0. The van der Waals surface area contributed by atoms with Crippen molar-refractivity contribution in [1.82, 2.24) is 0 Å². The normalized spacial score (nSPS) is 11.7. The van der Waals surface area contributed by atoms with Gasteiger partial charge in [-0.25, -0.2) is 0 Å². The summed E-state index contributed by atoms with van der Waals surface area (Å²) in [7, 11) is 1.56. The number of hydrogen-bond donors (Lipinski definition) is 2. The molecule has 0 amide bonds. The van der Waals surface area contributed by atoms with Gasteiger partial charge in [0, 0.05) is 11.6 Å². The average Bonchev–Trinajstić information content (AvgIpc) is 2.63. The molecule has 1 aromatic carbocycles. The third kappa shape index (κ3) is 8.80. The molecule has 4 nitrogen and oxygen atoms in total. The van der Waals surface area contributed by atoms with E-state index in [-0.39, 0.29) is 5.75 Å². The van der Waals surface area contributed by atoms with Gasteiger partial charge in [-0.2, -0.15) is 0 Å². The second kappa shape index (κ2) is 13.6. The summed E-state index contributed by atoms with van der Waals surface area (Å²) in [6.45, 7) is 2.25. The second-order valence-electron chi connectivity index (χ2n) is 6.72. The lowest BCUT2D eigenvalue weighted by atomic mass is 10.0. The van der Waals surface area contributed by atoms with Gasteiger partial charge in [-0.15, -0.1) is 0 Å². The summed E-state index contributed by atoms with van der Waals surface area (Å²) in [6.07, 6.45) is 14.8. The lowest BCUT2D eigenvalue weighted by Crippen LogP contribution is -2.02. The topological polar surface area (TPSA) is 62.1 Å². The van der Waals surface area contributed by atoms with Crippen molar-refractivity contribution in [3.63, 3.8) is 0 Å². The minimum absolute atomic E-state index is 0.0928. The SMILES string of the molecule is CCCCCCCCCCCCC/C(=N/O)c1ccc(OC)cc1O. The monoisotopic (exact) mass is 349 g/mol. The van der Waals surface area contributed by atoms with Crippen molar-refractivity contribution in [2.75, 3.05) is 7.11 Å². The van der Waals surface area contributed by atoms with Crippen LogP contribution in [-0.4, -0.2) is 23.1 Å². The minimum Gasteiger partial charge on any atom is -0.507 e. The van der Waals surface area contributed by atoms with E-state index in [0.29, 0.717) is 23.4 Å². The highest BCUT2D eigenvalue weighted by Crippen LogP contribution is 2.25. The Morgan fingerprint density at radius 3 is 1.96 bits per heavy atom. The molecule has 0 aliphatic rings. The fourth-order valence-corrected chi connectivity index (χ4v) is 3.08. The number of rotatable bonds is 14. The molecule has 0 aromatic heterocycles. The van der Waals surface area contributed by atoms with E-state index >= 15 is 0 Å². The smallest absolute Gasteiger partial charge is 0.128 e. The average molecular weight is 350 g/mol. The Bertz CT molecular complexity index is 500. The highest BCUT2D eigenvalue weighted by Gasteiger charge is 2.10. The summed E-state index contributed by atoms with van der Waals surface area (Å²) in [5.41, 5.74) is 1.12. The molecule has 0 saturated heterocycles. The molecule has 1 rings (SSSR count). The van der Waals surface area contributed by atoms with Gasteiger partial charge < -0.3 is 15.1 Å². The van der Waals surface area contributed by atoms with E-state index in [1.165, 1.54) is 57.8 Å². The summed E-state index contributed by atoms with van der Waals surface area (Å²) in [4.78, 5) is 0. The van der Waals surface area contributed by atoms with Gasteiger partial charge in [0.2, 0.25) is 0 Å². The van der Waals surface area contributed by atoms with Crippen molar-refractivity contribution < 1.29 is 15.1 Å². The van der Waals surface area contributed by atoms with Crippen molar-refractivity contribution in [2.45, 2.75) is 84.0 Å². The van der Waals surface area contributed by atoms with Crippen LogP contribution in [0, 0.1) is 0 Å². The van der Waals surface area contributed by atoms with Gasteiger partial charge in [0.25, 0.3) is 0 Å². The summed E-state index contributed by atoms with van der Waals surface area (Å²) >= 11 is 0. The van der Waals surface area contributed by atoms with Gasteiger partial charge >= 0.3 is 0 Å². The van der Waals surface area contributed by atoms with E-state index in [2.05, 4.69) is 12.1 Å². The Balaban J connectivity index is 2.16. The lowest BCUT2D eigenvalue weighted by molar-refractivity contribution is 0.317. The van der Waals surface area contributed by atoms with E-state index in [4.69, 9.17) is 4.74 Å². The first-order chi connectivity index (χ1) is 12.2. The fourth-order valence-electron chi connectivity index (χ4n) is 3.08. The van der Waals surface area contributed by atoms with Gasteiger partial charge in [0.15, 0.2) is 0 Å². The van der Waals surface area contributed by atoms with Crippen LogP contribution in [0.1, 0.15) is 89.5 Å². The molecule has 25 heavy (non-hydrogen) atoms. The van der Waals surface area contributed by atoms with Crippen LogP contribution in [0.15, 0.2) is 23.4 Å². The molecular weight excluding hydrogens is 314 g/mol. The van der Waals surface area contributed by atoms with Crippen LogP contribution in [0.5, 0.6) is 11.5 Å². The van der Waals surface area contributed by atoms with Gasteiger partial charge in [0.05, 0.1) is 12.8 Å². The van der Waals surface area contributed by atoms with E-state index < -0.39 is 0 Å². The van der Waals surface area contributed by atoms with Crippen molar-refractivity contribution in [3.05, 3.63) is 23.8 Å². The molecule has 0 saturated carbocycles. The van der Waals surface area contributed by atoms with E-state index in [1.54, 1.807) is 25.3 Å². The Morgan fingerprint density at radius 2 is 1.48 bits per heavy atom. The largest absolute Gasteiger partial charge is 0.507 e. The van der Waals surface area contributed by atoms with Crippen molar-refractivity contribution >= 4 is 5.71 Å². The predicted octanol–water partition coefficient (Wildman–Crippen LogP) is 6.28. The van der Waals surface area contributed by atoms with Crippen LogP contribution < -0.4 is 4.74 Å². The lowest BCUT2D eigenvalue weighted by Gasteiger charge is -2.09. The molecule has 0 spiro atoms. The minimum atomic E-state index is 0.0928. The van der Waals surface area contributed by atoms with Crippen molar-refractivity contribution in [2.24, 2.45) is 5.16 Å². The highest BCUT2D eigenvalue weighted by molar-refractivity contribution is 6.02.